The third-order valence-electron chi connectivity index (χ3n) is 3.73. The van der Waals surface area contributed by atoms with Crippen LogP contribution in [0.1, 0.15) is 0 Å². The average molecular weight is 435 g/mol. The van der Waals surface area contributed by atoms with Gasteiger partial charge in [-0.05, 0) is 24.3 Å². The summed E-state index contributed by atoms with van der Waals surface area (Å²) in [6, 6.07) is 9.96. The number of hydrogen-bond acceptors (Lipinski definition) is 1. The van der Waals surface area contributed by atoms with E-state index in [1.54, 1.807) is 0 Å². The summed E-state index contributed by atoms with van der Waals surface area (Å²) >= 11 is 0.945. The molecule has 0 bridgehead atoms. The molecule has 0 saturated heterocycles. The fourth-order valence-corrected chi connectivity index (χ4v) is 6.17. The summed E-state index contributed by atoms with van der Waals surface area (Å²) in [5, 5.41) is -5.70. The molecule has 0 aliphatic carbocycles. The first-order valence-corrected chi connectivity index (χ1v) is 9.17. The summed E-state index contributed by atoms with van der Waals surface area (Å²) in [6.07, 6.45) is -6.84. The normalized spacial score (nSPS) is 16.0. The zero-order chi connectivity index (χ0) is 20.3. The van der Waals surface area contributed by atoms with Crippen LogP contribution in [0.25, 0.3) is 0 Å². The molecule has 0 fully saturated rings. The van der Waals surface area contributed by atoms with Gasteiger partial charge in [0.2, 0.25) is 0 Å². The SMILES string of the molecule is FC(F)(F)C(F)(F)C(F)(F)C(F)(F)[S+]1c2ccccc2Sc2ccccc21. The lowest BCUT2D eigenvalue weighted by molar-refractivity contribution is -0.381. The average Bonchev–Trinajstić information content (AvgIpc) is 2.58. The van der Waals surface area contributed by atoms with Crippen molar-refractivity contribution in [1.82, 2.24) is 0 Å². The van der Waals surface area contributed by atoms with Crippen molar-refractivity contribution >= 4 is 22.7 Å². The molecule has 2 aromatic rings. The molecule has 0 radical (unpaired) electrons. The van der Waals surface area contributed by atoms with Crippen LogP contribution in [-0.4, -0.2) is 23.3 Å². The van der Waals surface area contributed by atoms with Gasteiger partial charge in [-0.3, -0.25) is 0 Å². The van der Waals surface area contributed by atoms with Crippen LogP contribution in [0.4, 0.5) is 39.5 Å². The lowest BCUT2D eigenvalue weighted by Gasteiger charge is -2.33. The predicted octanol–water partition coefficient (Wildman–Crippen LogP) is 6.61. The standard InChI is InChI=1S/C16H8F9S2/c17-13(18,15(21,22)23)14(19,20)16(24,25)27-11-7-3-1-5-9(11)26-10-6-2-4-8-12(10)27/h1-8H/q+1. The van der Waals surface area contributed by atoms with Crippen LogP contribution in [0, 0.1) is 0 Å². The third kappa shape index (κ3) is 2.89. The number of hydrogen-bond donors (Lipinski definition) is 0. The molecular weight excluding hydrogens is 427 g/mol. The Morgan fingerprint density at radius 3 is 1.41 bits per heavy atom. The lowest BCUT2D eigenvalue weighted by Crippen LogP contribution is -2.63. The Bertz CT molecular complexity index is 815. The second-order valence-electron chi connectivity index (χ2n) is 5.47. The molecule has 27 heavy (non-hydrogen) atoms. The first kappa shape index (κ1) is 20.2. The van der Waals surface area contributed by atoms with Gasteiger partial charge < -0.3 is 0 Å². The molecule has 0 nitrogen and oxygen atoms in total. The number of fused-ring (bicyclic) bond motifs is 2. The highest BCUT2D eigenvalue weighted by molar-refractivity contribution is 8.04. The summed E-state index contributed by atoms with van der Waals surface area (Å²) in [4.78, 5) is -0.650. The van der Waals surface area contributed by atoms with Crippen molar-refractivity contribution in [2.24, 2.45) is 0 Å². The zero-order valence-electron chi connectivity index (χ0n) is 12.8. The maximum Gasteiger partial charge on any atom is 0.491 e. The van der Waals surface area contributed by atoms with Gasteiger partial charge in [-0.15, -0.1) is 8.78 Å². The molecule has 0 unspecified atom stereocenters. The van der Waals surface area contributed by atoms with Gasteiger partial charge in [0.05, 0.1) is 9.79 Å². The van der Waals surface area contributed by atoms with E-state index < -0.39 is 44.0 Å². The fraction of sp³-hybridized carbons (Fsp3) is 0.250. The van der Waals surface area contributed by atoms with Crippen LogP contribution in [0.15, 0.2) is 68.1 Å². The maximum absolute atomic E-state index is 14.7. The van der Waals surface area contributed by atoms with Crippen molar-refractivity contribution in [1.29, 1.82) is 0 Å². The predicted molar refractivity (Wildman–Crippen MR) is 81.8 cm³/mol. The van der Waals surface area contributed by atoms with Crippen LogP contribution in [0.2, 0.25) is 0 Å². The minimum absolute atomic E-state index is 0.0883. The van der Waals surface area contributed by atoms with Gasteiger partial charge in [0.1, 0.15) is 10.9 Å². The largest absolute Gasteiger partial charge is 0.491 e. The van der Waals surface area contributed by atoms with Crippen LogP contribution >= 0.6 is 11.8 Å². The lowest BCUT2D eigenvalue weighted by atomic mass is 10.1. The molecule has 0 aromatic heterocycles. The summed E-state index contributed by atoms with van der Waals surface area (Å²) in [5.74, 6) is -13.6. The highest BCUT2D eigenvalue weighted by Gasteiger charge is 2.88. The summed E-state index contributed by atoms with van der Waals surface area (Å²) < 4.78 is 122. The van der Waals surface area contributed by atoms with Gasteiger partial charge in [-0.1, -0.05) is 36.0 Å². The van der Waals surface area contributed by atoms with E-state index >= 15 is 0 Å². The second kappa shape index (κ2) is 6.26. The Hall–Kier alpha value is -1.49. The number of halogens is 9. The maximum atomic E-state index is 14.7. The molecular formula is C16H8F9S2+. The Labute approximate surface area is 154 Å². The molecule has 0 N–H and O–H groups in total. The molecule has 2 aromatic carbocycles. The molecule has 0 spiro atoms. The summed E-state index contributed by atoms with van der Waals surface area (Å²) in [5.41, 5.74) is 0. The van der Waals surface area contributed by atoms with Crippen molar-refractivity contribution in [3.8, 4) is 0 Å². The van der Waals surface area contributed by atoms with E-state index in [1.165, 1.54) is 36.4 Å². The van der Waals surface area contributed by atoms with E-state index in [-0.39, 0.29) is 9.79 Å². The zero-order valence-corrected chi connectivity index (χ0v) is 14.5. The van der Waals surface area contributed by atoms with Crippen molar-refractivity contribution in [2.45, 2.75) is 42.9 Å². The van der Waals surface area contributed by atoms with Crippen LogP contribution in [0.3, 0.4) is 0 Å². The Balaban J connectivity index is 2.23. The monoisotopic (exact) mass is 435 g/mol. The van der Waals surface area contributed by atoms with E-state index in [1.807, 2.05) is 0 Å². The van der Waals surface area contributed by atoms with Gasteiger partial charge in [-0.2, -0.15) is 30.7 Å². The van der Waals surface area contributed by atoms with Crippen molar-refractivity contribution in [3.05, 3.63) is 48.5 Å². The van der Waals surface area contributed by atoms with Gasteiger partial charge in [0, 0.05) is 0 Å². The quantitative estimate of drug-likeness (QED) is 0.386. The van der Waals surface area contributed by atoms with Crippen LogP contribution < -0.4 is 0 Å². The van der Waals surface area contributed by atoms with E-state index in [4.69, 9.17) is 0 Å². The van der Waals surface area contributed by atoms with E-state index in [0.717, 1.165) is 23.9 Å². The molecule has 0 saturated carbocycles. The first-order valence-electron chi connectivity index (χ1n) is 7.13. The van der Waals surface area contributed by atoms with Gasteiger partial charge in [0.25, 0.3) is 0 Å². The van der Waals surface area contributed by atoms with Crippen molar-refractivity contribution in [3.63, 3.8) is 0 Å². The smallest absolute Gasteiger partial charge is 0.189 e. The van der Waals surface area contributed by atoms with E-state index in [2.05, 4.69) is 0 Å². The highest BCUT2D eigenvalue weighted by atomic mass is 32.2. The Morgan fingerprint density at radius 1 is 0.593 bits per heavy atom. The molecule has 0 atom stereocenters. The molecule has 1 aliphatic rings. The number of benzene rings is 2. The third-order valence-corrected chi connectivity index (χ3v) is 7.50. The fourth-order valence-electron chi connectivity index (χ4n) is 2.41. The number of alkyl halides is 9. The van der Waals surface area contributed by atoms with Gasteiger partial charge in [0.15, 0.2) is 9.79 Å². The highest BCUT2D eigenvalue weighted by Crippen LogP contribution is 2.60. The molecule has 11 heteroatoms. The topological polar surface area (TPSA) is 0 Å². The molecule has 146 valence electrons. The minimum Gasteiger partial charge on any atom is -0.189 e. The molecule has 3 rings (SSSR count). The molecule has 0 amide bonds. The first-order chi connectivity index (χ1) is 12.3. The van der Waals surface area contributed by atoms with E-state index in [9.17, 15) is 39.5 Å². The number of rotatable bonds is 3. The second-order valence-corrected chi connectivity index (χ2v) is 8.55. The van der Waals surface area contributed by atoms with Crippen molar-refractivity contribution in [2.75, 3.05) is 0 Å². The van der Waals surface area contributed by atoms with Gasteiger partial charge >= 0.3 is 23.3 Å². The van der Waals surface area contributed by atoms with Crippen LogP contribution in [-0.2, 0) is 10.9 Å². The van der Waals surface area contributed by atoms with Crippen molar-refractivity contribution < 1.29 is 39.5 Å². The summed E-state index contributed by atoms with van der Waals surface area (Å²) in [7, 11) is -3.04. The molecule has 1 aliphatic heterocycles. The Morgan fingerprint density at radius 2 is 1.00 bits per heavy atom. The summed E-state index contributed by atoms with van der Waals surface area (Å²) in [6.45, 7) is 0. The van der Waals surface area contributed by atoms with Crippen LogP contribution in [0.5, 0.6) is 0 Å². The van der Waals surface area contributed by atoms with Gasteiger partial charge in [-0.25, -0.2) is 0 Å². The Kier molecular flexibility index (Phi) is 4.70. The molecule has 1 heterocycles. The van der Waals surface area contributed by atoms with E-state index in [0.29, 0.717) is 0 Å². The minimum atomic E-state index is -6.91.